The van der Waals surface area contributed by atoms with Crippen LogP contribution in [0.5, 0.6) is 0 Å². The third-order valence-electron chi connectivity index (χ3n) is 1.57. The van der Waals surface area contributed by atoms with Crippen molar-refractivity contribution in [1.82, 2.24) is 0 Å². The minimum atomic E-state index is 0. The zero-order valence-electron chi connectivity index (χ0n) is 8.50. The molecule has 78 valence electrons. The molecule has 0 aliphatic heterocycles. The molecule has 0 fully saturated rings. The third-order valence-corrected chi connectivity index (χ3v) is 1.57. The Kier molecular flexibility index (Phi) is 14.4. The molecule has 0 spiro atoms. The Morgan fingerprint density at radius 3 is 2.38 bits per heavy atom. The van der Waals surface area contributed by atoms with Crippen molar-refractivity contribution >= 4 is 0 Å². The maximum Gasteiger partial charge on any atom is 2.00 e. The summed E-state index contributed by atoms with van der Waals surface area (Å²) < 4.78 is 0. The van der Waals surface area contributed by atoms with Gasteiger partial charge in [-0.2, -0.15) is 6.42 Å². The van der Waals surface area contributed by atoms with Crippen LogP contribution in [-0.4, -0.2) is 0 Å². The number of hydrogen-bond donors (Lipinski definition) is 0. The fraction of sp³-hybridized carbons (Fsp3) is 0.500. The van der Waals surface area contributed by atoms with E-state index in [2.05, 4.69) is 32.1 Å². The topological polar surface area (TPSA) is 0 Å². The summed E-state index contributed by atoms with van der Waals surface area (Å²) in [6.07, 6.45) is 12.4. The van der Waals surface area contributed by atoms with E-state index in [9.17, 15) is 0 Å². The quantitative estimate of drug-likeness (QED) is 0.451. The second-order valence-electron chi connectivity index (χ2n) is 2.95. The predicted octanol–water partition coefficient (Wildman–Crippen LogP) is 4.11. The molecule has 0 unspecified atom stereocenters. The van der Waals surface area contributed by atoms with Crippen molar-refractivity contribution in [2.24, 2.45) is 0 Å². The summed E-state index contributed by atoms with van der Waals surface area (Å²) in [4.78, 5) is 0. The third kappa shape index (κ3) is 12.0. The summed E-state index contributed by atoms with van der Waals surface area (Å²) in [6.45, 7) is 9.43. The predicted molar refractivity (Wildman–Crippen MR) is 56.7 cm³/mol. The van der Waals surface area contributed by atoms with Crippen molar-refractivity contribution < 1.29 is 21.1 Å². The Labute approximate surface area is 97.8 Å². The standard InChI is InChI=1S/C9H13.C3H7.Pt/c1-9-7-5-3-2-4-6-8-9;1-3-2;/h2-3,8H,1,4-7H2;1,3H2,2H3;/q2*-1;+2. The van der Waals surface area contributed by atoms with Gasteiger partial charge in [-0.25, -0.2) is 18.6 Å². The van der Waals surface area contributed by atoms with Gasteiger partial charge in [-0.1, -0.05) is 31.9 Å². The molecule has 0 aromatic rings. The number of hydrogen-bond acceptors (Lipinski definition) is 0. The van der Waals surface area contributed by atoms with Crippen LogP contribution in [0.3, 0.4) is 0 Å². The molecule has 13 heavy (non-hydrogen) atoms. The van der Waals surface area contributed by atoms with Gasteiger partial charge in [0.15, 0.2) is 0 Å². The van der Waals surface area contributed by atoms with Crippen LogP contribution in [0, 0.1) is 13.8 Å². The molecule has 1 heteroatoms. The first kappa shape index (κ1) is 15.5. The summed E-state index contributed by atoms with van der Waals surface area (Å²) in [5.41, 5.74) is 1.30. The Balaban J connectivity index is 0. The van der Waals surface area contributed by atoms with E-state index >= 15 is 0 Å². The molecule has 0 saturated carbocycles. The first-order valence-electron chi connectivity index (χ1n) is 4.76. The largest absolute Gasteiger partial charge is 2.00 e. The van der Waals surface area contributed by atoms with E-state index in [4.69, 9.17) is 0 Å². The van der Waals surface area contributed by atoms with Gasteiger partial charge in [0.25, 0.3) is 0 Å². The molecular weight excluding hydrogens is 339 g/mol. The Morgan fingerprint density at radius 2 is 1.77 bits per heavy atom. The van der Waals surface area contributed by atoms with Crippen LogP contribution in [0.1, 0.15) is 39.0 Å². The van der Waals surface area contributed by atoms with Crippen LogP contribution >= 0.6 is 0 Å². The Hall–Kier alpha value is 0.0383. The molecule has 0 heterocycles. The summed E-state index contributed by atoms with van der Waals surface area (Å²) in [5, 5.41) is 0. The van der Waals surface area contributed by atoms with Gasteiger partial charge < -0.3 is 6.92 Å². The molecule has 0 amide bonds. The van der Waals surface area contributed by atoms with E-state index in [1.807, 2.05) is 6.92 Å². The van der Waals surface area contributed by atoms with E-state index in [1.165, 1.54) is 24.8 Å². The number of allylic oxidation sites excluding steroid dienone is 4. The second kappa shape index (κ2) is 12.0. The second-order valence-corrected chi connectivity index (χ2v) is 2.95. The van der Waals surface area contributed by atoms with E-state index in [0.29, 0.717) is 0 Å². The normalized spacial score (nSPS) is 15.4. The van der Waals surface area contributed by atoms with E-state index in [-0.39, 0.29) is 21.1 Å². The van der Waals surface area contributed by atoms with E-state index in [0.717, 1.165) is 12.8 Å². The zero-order chi connectivity index (χ0) is 9.23. The van der Waals surface area contributed by atoms with Crippen molar-refractivity contribution in [2.45, 2.75) is 39.0 Å². The molecule has 0 saturated heterocycles. The van der Waals surface area contributed by atoms with Gasteiger partial charge in [-0.05, 0) is 12.8 Å². The van der Waals surface area contributed by atoms with E-state index < -0.39 is 0 Å². The van der Waals surface area contributed by atoms with Crippen LogP contribution in [0.25, 0.3) is 0 Å². The van der Waals surface area contributed by atoms with Crippen LogP contribution in [0.15, 0.2) is 23.8 Å². The molecule has 0 N–H and O–H groups in total. The molecule has 0 aromatic heterocycles. The van der Waals surface area contributed by atoms with Gasteiger partial charge in [-0.3, -0.25) is 0 Å². The van der Waals surface area contributed by atoms with Gasteiger partial charge in [0.2, 0.25) is 0 Å². The van der Waals surface area contributed by atoms with Crippen LogP contribution in [-0.2, 0) is 21.1 Å². The van der Waals surface area contributed by atoms with Gasteiger partial charge >= 0.3 is 21.1 Å². The van der Waals surface area contributed by atoms with Crippen LogP contribution < -0.4 is 0 Å². The maximum atomic E-state index is 3.93. The van der Waals surface area contributed by atoms with Crippen molar-refractivity contribution in [3.8, 4) is 0 Å². The summed E-state index contributed by atoms with van der Waals surface area (Å²) >= 11 is 0. The molecular formula is C12H20Pt. The fourth-order valence-corrected chi connectivity index (χ4v) is 0.990. The van der Waals surface area contributed by atoms with E-state index in [1.54, 1.807) is 0 Å². The SMILES string of the molecule is [CH2-]C1=CCCC=CCC1.[CH2-]CC.[Pt+2]. The van der Waals surface area contributed by atoms with Gasteiger partial charge in [-0.15, -0.1) is 0 Å². The molecule has 1 aliphatic carbocycles. The molecule has 0 nitrogen and oxygen atoms in total. The van der Waals surface area contributed by atoms with Crippen LogP contribution in [0.2, 0.25) is 0 Å². The average molecular weight is 359 g/mol. The molecule has 1 rings (SSSR count). The van der Waals surface area contributed by atoms with Gasteiger partial charge in [0, 0.05) is 0 Å². The molecule has 0 atom stereocenters. The molecule has 0 aromatic carbocycles. The smallest absolute Gasteiger partial charge is 0.344 e. The van der Waals surface area contributed by atoms with Gasteiger partial charge in [0.1, 0.15) is 0 Å². The first-order chi connectivity index (χ1) is 5.81. The summed E-state index contributed by atoms with van der Waals surface area (Å²) in [5.74, 6) is 0. The molecule has 0 radical (unpaired) electrons. The summed E-state index contributed by atoms with van der Waals surface area (Å²) in [7, 11) is 0. The Morgan fingerprint density at radius 1 is 1.23 bits per heavy atom. The van der Waals surface area contributed by atoms with Crippen molar-refractivity contribution in [3.63, 3.8) is 0 Å². The fourth-order valence-electron chi connectivity index (χ4n) is 0.990. The Bertz CT molecular complexity index is 145. The minimum Gasteiger partial charge on any atom is -0.344 e. The monoisotopic (exact) mass is 359 g/mol. The van der Waals surface area contributed by atoms with Crippen molar-refractivity contribution in [2.75, 3.05) is 0 Å². The number of rotatable bonds is 0. The minimum absolute atomic E-state index is 0. The van der Waals surface area contributed by atoms with Crippen molar-refractivity contribution in [3.05, 3.63) is 37.6 Å². The molecule has 1 aliphatic rings. The first-order valence-corrected chi connectivity index (χ1v) is 4.76. The van der Waals surface area contributed by atoms with Gasteiger partial charge in [0.05, 0.1) is 0 Å². The summed E-state index contributed by atoms with van der Waals surface area (Å²) in [6, 6.07) is 0. The maximum absolute atomic E-state index is 3.93. The van der Waals surface area contributed by atoms with Crippen molar-refractivity contribution in [1.29, 1.82) is 0 Å². The van der Waals surface area contributed by atoms with Crippen LogP contribution in [0.4, 0.5) is 0 Å². The molecule has 0 bridgehead atoms. The average Bonchev–Trinajstić information content (AvgIpc) is 1.98. The zero-order valence-corrected chi connectivity index (χ0v) is 10.8.